The van der Waals surface area contributed by atoms with Crippen molar-refractivity contribution >= 4 is 27.4 Å². The quantitative estimate of drug-likeness (QED) is 0.759. The molecule has 29 heavy (non-hydrogen) atoms. The van der Waals surface area contributed by atoms with Crippen LogP contribution in [0.2, 0.25) is 0 Å². The molecule has 1 saturated heterocycles. The molecule has 0 saturated carbocycles. The number of piperidine rings is 1. The van der Waals surface area contributed by atoms with E-state index in [1.807, 2.05) is 19.9 Å². The van der Waals surface area contributed by atoms with Gasteiger partial charge in [-0.25, -0.2) is 8.42 Å². The van der Waals surface area contributed by atoms with Crippen molar-refractivity contribution < 1.29 is 18.0 Å². The lowest BCUT2D eigenvalue weighted by atomic mass is 9.97. The van der Waals surface area contributed by atoms with Gasteiger partial charge in [-0.2, -0.15) is 4.31 Å². The summed E-state index contributed by atoms with van der Waals surface area (Å²) in [6.45, 7) is 5.97. The van der Waals surface area contributed by atoms with E-state index in [4.69, 9.17) is 0 Å². The monoisotopic (exact) mass is 414 g/mol. The van der Waals surface area contributed by atoms with Crippen LogP contribution in [-0.4, -0.2) is 37.5 Å². The molecule has 1 amide bonds. The first-order valence-corrected chi connectivity index (χ1v) is 11.1. The third-order valence-electron chi connectivity index (χ3n) is 5.50. The van der Waals surface area contributed by atoms with E-state index >= 15 is 0 Å². The average Bonchev–Trinajstić information content (AvgIpc) is 2.70. The van der Waals surface area contributed by atoms with Crippen LogP contribution in [0, 0.1) is 19.8 Å². The van der Waals surface area contributed by atoms with Crippen LogP contribution in [0.4, 0.5) is 5.69 Å². The van der Waals surface area contributed by atoms with Crippen LogP contribution in [0.3, 0.4) is 0 Å². The standard InChI is InChI=1S/C22H26N2O4S/c1-15-4-9-21(14-16(15)2)29(27,28)24-12-10-19(11-13-24)22(26)23-20-7-5-18(6-8-20)17(3)25/h4-9,14,19H,10-13H2,1-3H3,(H,23,26). The Kier molecular flexibility index (Phi) is 6.19. The third-order valence-corrected chi connectivity index (χ3v) is 7.39. The van der Waals surface area contributed by atoms with Gasteiger partial charge < -0.3 is 5.32 Å². The fourth-order valence-electron chi connectivity index (χ4n) is 3.41. The predicted octanol–water partition coefficient (Wildman–Crippen LogP) is 3.55. The summed E-state index contributed by atoms with van der Waals surface area (Å²) in [5.41, 5.74) is 3.21. The molecule has 3 rings (SSSR count). The molecule has 2 aromatic rings. The number of hydrogen-bond donors (Lipinski definition) is 1. The fraction of sp³-hybridized carbons (Fsp3) is 0.364. The Labute approximate surface area is 172 Å². The highest BCUT2D eigenvalue weighted by atomic mass is 32.2. The second-order valence-corrected chi connectivity index (χ2v) is 9.49. The molecule has 1 N–H and O–H groups in total. The van der Waals surface area contributed by atoms with Gasteiger partial charge in [0, 0.05) is 30.3 Å². The lowest BCUT2D eigenvalue weighted by Crippen LogP contribution is -2.41. The maximum atomic E-state index is 12.9. The molecular formula is C22H26N2O4S. The molecule has 0 unspecified atom stereocenters. The first-order chi connectivity index (χ1) is 13.7. The number of rotatable bonds is 5. The number of nitrogens with zero attached hydrogens (tertiary/aromatic N) is 1. The van der Waals surface area contributed by atoms with Gasteiger partial charge in [0.05, 0.1) is 4.90 Å². The van der Waals surface area contributed by atoms with E-state index in [0.717, 1.165) is 11.1 Å². The molecule has 0 atom stereocenters. The molecular weight excluding hydrogens is 388 g/mol. The number of amides is 1. The van der Waals surface area contributed by atoms with Gasteiger partial charge in [-0.3, -0.25) is 9.59 Å². The lowest BCUT2D eigenvalue weighted by Gasteiger charge is -2.30. The van der Waals surface area contributed by atoms with Gasteiger partial charge in [-0.05, 0) is 81.1 Å². The summed E-state index contributed by atoms with van der Waals surface area (Å²) in [5.74, 6) is -0.391. The number of ketones is 1. The fourth-order valence-corrected chi connectivity index (χ4v) is 4.97. The van der Waals surface area contributed by atoms with Crippen molar-refractivity contribution in [2.45, 2.75) is 38.5 Å². The molecule has 1 fully saturated rings. The maximum absolute atomic E-state index is 12.9. The van der Waals surface area contributed by atoms with Crippen LogP contribution in [0.25, 0.3) is 0 Å². The number of carbonyl (C=O) groups is 2. The zero-order valence-corrected chi connectivity index (χ0v) is 17.8. The van der Waals surface area contributed by atoms with Crippen LogP contribution in [0.1, 0.15) is 41.3 Å². The van der Waals surface area contributed by atoms with Crippen molar-refractivity contribution in [1.82, 2.24) is 4.31 Å². The van der Waals surface area contributed by atoms with E-state index in [9.17, 15) is 18.0 Å². The Morgan fingerprint density at radius 3 is 2.14 bits per heavy atom. The summed E-state index contributed by atoms with van der Waals surface area (Å²) in [7, 11) is -3.55. The van der Waals surface area contributed by atoms with E-state index in [2.05, 4.69) is 5.32 Å². The van der Waals surface area contributed by atoms with Gasteiger partial charge in [-0.15, -0.1) is 0 Å². The number of hydrogen-bond acceptors (Lipinski definition) is 4. The molecule has 6 nitrogen and oxygen atoms in total. The van der Waals surface area contributed by atoms with Gasteiger partial charge in [0.15, 0.2) is 5.78 Å². The number of sulfonamides is 1. The minimum absolute atomic E-state index is 0.0276. The van der Waals surface area contributed by atoms with Crippen molar-refractivity contribution in [1.29, 1.82) is 0 Å². The summed E-state index contributed by atoms with van der Waals surface area (Å²) >= 11 is 0. The Morgan fingerprint density at radius 2 is 1.59 bits per heavy atom. The van der Waals surface area contributed by atoms with Crippen molar-refractivity contribution in [2.75, 3.05) is 18.4 Å². The molecule has 1 aliphatic heterocycles. The second-order valence-electron chi connectivity index (χ2n) is 7.55. The summed E-state index contributed by atoms with van der Waals surface area (Å²) in [4.78, 5) is 24.2. The van der Waals surface area contributed by atoms with E-state index in [1.165, 1.54) is 11.2 Å². The molecule has 0 aromatic heterocycles. The first kappa shape index (κ1) is 21.2. The number of aryl methyl sites for hydroxylation is 2. The van der Waals surface area contributed by atoms with Gasteiger partial charge in [-0.1, -0.05) is 6.07 Å². The van der Waals surface area contributed by atoms with Gasteiger partial charge >= 0.3 is 0 Å². The highest BCUT2D eigenvalue weighted by Crippen LogP contribution is 2.26. The van der Waals surface area contributed by atoms with Crippen molar-refractivity contribution in [2.24, 2.45) is 5.92 Å². The van der Waals surface area contributed by atoms with Crippen LogP contribution in [-0.2, 0) is 14.8 Å². The highest BCUT2D eigenvalue weighted by Gasteiger charge is 2.32. The number of benzene rings is 2. The topological polar surface area (TPSA) is 83.6 Å². The summed E-state index contributed by atoms with van der Waals surface area (Å²) in [5, 5.41) is 2.86. The minimum atomic E-state index is -3.55. The van der Waals surface area contributed by atoms with Gasteiger partial charge in [0.2, 0.25) is 15.9 Å². The van der Waals surface area contributed by atoms with Crippen molar-refractivity contribution in [3.05, 3.63) is 59.2 Å². The predicted molar refractivity (Wildman–Crippen MR) is 112 cm³/mol. The molecule has 1 heterocycles. The van der Waals surface area contributed by atoms with E-state index in [-0.39, 0.29) is 17.6 Å². The summed E-state index contributed by atoms with van der Waals surface area (Å²) in [6.07, 6.45) is 0.947. The number of carbonyl (C=O) groups excluding carboxylic acids is 2. The highest BCUT2D eigenvalue weighted by molar-refractivity contribution is 7.89. The average molecular weight is 415 g/mol. The molecule has 0 bridgehead atoms. The molecule has 154 valence electrons. The molecule has 7 heteroatoms. The van der Waals surface area contributed by atoms with E-state index in [1.54, 1.807) is 36.4 Å². The lowest BCUT2D eigenvalue weighted by molar-refractivity contribution is -0.120. The number of nitrogens with one attached hydrogen (secondary N) is 1. The second kappa shape index (κ2) is 8.47. The first-order valence-electron chi connectivity index (χ1n) is 9.68. The van der Waals surface area contributed by atoms with E-state index < -0.39 is 10.0 Å². The SMILES string of the molecule is CC(=O)c1ccc(NC(=O)C2CCN(S(=O)(=O)c3ccc(C)c(C)c3)CC2)cc1. The zero-order valence-electron chi connectivity index (χ0n) is 16.9. The maximum Gasteiger partial charge on any atom is 0.243 e. The molecule has 1 aliphatic rings. The Hall–Kier alpha value is -2.51. The Balaban J connectivity index is 1.61. The van der Waals surface area contributed by atoms with Crippen LogP contribution < -0.4 is 5.32 Å². The molecule has 2 aromatic carbocycles. The zero-order chi connectivity index (χ0) is 21.2. The largest absolute Gasteiger partial charge is 0.326 e. The molecule has 0 aliphatic carbocycles. The summed E-state index contributed by atoms with van der Waals surface area (Å²) < 4.78 is 27.3. The van der Waals surface area contributed by atoms with Gasteiger partial charge in [0.1, 0.15) is 0 Å². The smallest absolute Gasteiger partial charge is 0.243 e. The van der Waals surface area contributed by atoms with Crippen LogP contribution in [0.5, 0.6) is 0 Å². The number of anilines is 1. The number of Topliss-reactive ketones (excluding diaryl/α,β-unsaturated/α-hetero) is 1. The molecule has 0 spiro atoms. The van der Waals surface area contributed by atoms with Crippen molar-refractivity contribution in [3.63, 3.8) is 0 Å². The third kappa shape index (κ3) is 4.74. The van der Waals surface area contributed by atoms with Gasteiger partial charge in [0.25, 0.3) is 0 Å². The van der Waals surface area contributed by atoms with Crippen molar-refractivity contribution in [3.8, 4) is 0 Å². The summed E-state index contributed by atoms with van der Waals surface area (Å²) in [6, 6.07) is 11.9. The minimum Gasteiger partial charge on any atom is -0.326 e. The normalized spacial score (nSPS) is 15.8. The van der Waals surface area contributed by atoms with Crippen LogP contribution in [0.15, 0.2) is 47.4 Å². The van der Waals surface area contributed by atoms with Crippen LogP contribution >= 0.6 is 0 Å². The Bertz CT molecular complexity index is 1020. The van der Waals surface area contributed by atoms with E-state index in [0.29, 0.717) is 42.1 Å². The Morgan fingerprint density at radius 1 is 0.966 bits per heavy atom. The molecule has 0 radical (unpaired) electrons.